The van der Waals surface area contributed by atoms with Gasteiger partial charge in [-0.15, -0.1) is 0 Å². The van der Waals surface area contributed by atoms with Crippen LogP contribution in [-0.2, 0) is 4.79 Å². The largest absolute Gasteiger partial charge is 0.349 e. The lowest BCUT2D eigenvalue weighted by Crippen LogP contribution is -2.45. The van der Waals surface area contributed by atoms with Gasteiger partial charge in [-0.05, 0) is 30.7 Å². The smallest absolute Gasteiger partial charge is 0.270 e. The Kier molecular flexibility index (Phi) is 6.75. The summed E-state index contributed by atoms with van der Waals surface area (Å²) in [5.74, 6) is -0.619. The quantitative estimate of drug-likeness (QED) is 0.840. The second-order valence-corrected chi connectivity index (χ2v) is 6.86. The third-order valence-corrected chi connectivity index (χ3v) is 4.53. The highest BCUT2D eigenvalue weighted by molar-refractivity contribution is 6.30. The van der Waals surface area contributed by atoms with E-state index in [0.29, 0.717) is 22.8 Å². The van der Waals surface area contributed by atoms with E-state index in [1.807, 2.05) is 32.0 Å². The van der Waals surface area contributed by atoms with E-state index in [0.717, 1.165) is 5.56 Å². The van der Waals surface area contributed by atoms with Gasteiger partial charge in [0.25, 0.3) is 5.91 Å². The van der Waals surface area contributed by atoms with Crippen molar-refractivity contribution >= 4 is 23.4 Å². The average molecular weight is 374 g/mol. The molecule has 1 aromatic carbocycles. The van der Waals surface area contributed by atoms with Gasteiger partial charge >= 0.3 is 0 Å². The van der Waals surface area contributed by atoms with E-state index in [2.05, 4.69) is 10.3 Å². The van der Waals surface area contributed by atoms with Crippen LogP contribution in [0.1, 0.15) is 30.8 Å². The summed E-state index contributed by atoms with van der Waals surface area (Å²) in [6.07, 6.45) is 0.653. The SMILES string of the molecule is CCC(NC(=O)c1cccc(-c2cccc(Cl)c2)n1)C(C)C(=O)N(C)C. The van der Waals surface area contributed by atoms with Crippen LogP contribution in [0.15, 0.2) is 42.5 Å². The number of carbonyl (C=O) groups is 2. The zero-order valence-corrected chi connectivity index (χ0v) is 16.2. The number of halogens is 1. The number of benzene rings is 1. The molecule has 0 aliphatic rings. The zero-order chi connectivity index (χ0) is 19.3. The fourth-order valence-electron chi connectivity index (χ4n) is 2.77. The first-order valence-electron chi connectivity index (χ1n) is 8.58. The number of nitrogens with zero attached hydrogens (tertiary/aromatic N) is 2. The van der Waals surface area contributed by atoms with Gasteiger partial charge < -0.3 is 10.2 Å². The van der Waals surface area contributed by atoms with Gasteiger partial charge in [0.2, 0.25) is 5.91 Å². The number of rotatable bonds is 6. The Hall–Kier alpha value is -2.40. The van der Waals surface area contributed by atoms with Crippen molar-refractivity contribution in [1.29, 1.82) is 0 Å². The molecule has 0 aliphatic carbocycles. The Balaban J connectivity index is 2.19. The maximum atomic E-state index is 12.6. The third-order valence-electron chi connectivity index (χ3n) is 4.29. The predicted octanol–water partition coefficient (Wildman–Crippen LogP) is 3.63. The number of hydrogen-bond acceptors (Lipinski definition) is 3. The van der Waals surface area contributed by atoms with Crippen LogP contribution < -0.4 is 5.32 Å². The lowest BCUT2D eigenvalue weighted by molar-refractivity contribution is -0.133. The number of nitrogens with one attached hydrogen (secondary N) is 1. The fraction of sp³-hybridized carbons (Fsp3) is 0.350. The Morgan fingerprint density at radius 2 is 1.88 bits per heavy atom. The molecule has 1 N–H and O–H groups in total. The number of amides is 2. The fourth-order valence-corrected chi connectivity index (χ4v) is 2.96. The van der Waals surface area contributed by atoms with E-state index >= 15 is 0 Å². The van der Waals surface area contributed by atoms with Gasteiger partial charge in [-0.2, -0.15) is 0 Å². The van der Waals surface area contributed by atoms with Crippen molar-refractivity contribution < 1.29 is 9.59 Å². The Labute approximate surface area is 159 Å². The topological polar surface area (TPSA) is 62.3 Å². The molecule has 2 unspecified atom stereocenters. The van der Waals surface area contributed by atoms with Crippen LogP contribution >= 0.6 is 11.6 Å². The third kappa shape index (κ3) is 4.82. The molecule has 26 heavy (non-hydrogen) atoms. The summed E-state index contributed by atoms with van der Waals surface area (Å²) in [6.45, 7) is 3.77. The first kappa shape index (κ1) is 19.9. The first-order chi connectivity index (χ1) is 12.3. The summed E-state index contributed by atoms with van der Waals surface area (Å²) in [4.78, 5) is 30.8. The molecule has 1 aromatic heterocycles. The van der Waals surface area contributed by atoms with Crippen molar-refractivity contribution in [3.63, 3.8) is 0 Å². The van der Waals surface area contributed by atoms with Crippen molar-refractivity contribution in [1.82, 2.24) is 15.2 Å². The highest BCUT2D eigenvalue weighted by Gasteiger charge is 2.26. The maximum absolute atomic E-state index is 12.6. The monoisotopic (exact) mass is 373 g/mol. The molecule has 0 saturated carbocycles. The van der Waals surface area contributed by atoms with E-state index in [4.69, 9.17) is 11.6 Å². The highest BCUT2D eigenvalue weighted by Crippen LogP contribution is 2.21. The molecular formula is C20H24ClN3O2. The molecule has 2 rings (SSSR count). The minimum absolute atomic E-state index is 0.0159. The Morgan fingerprint density at radius 3 is 2.50 bits per heavy atom. The zero-order valence-electron chi connectivity index (χ0n) is 15.5. The van der Waals surface area contributed by atoms with Gasteiger partial charge in [-0.1, -0.05) is 43.6 Å². The van der Waals surface area contributed by atoms with Crippen molar-refractivity contribution in [2.75, 3.05) is 14.1 Å². The van der Waals surface area contributed by atoms with Crippen LogP contribution in [0, 0.1) is 5.92 Å². The summed E-state index contributed by atoms with van der Waals surface area (Å²) in [5.41, 5.74) is 1.83. The normalized spacial score (nSPS) is 13.0. The Bertz CT molecular complexity index is 792. The summed E-state index contributed by atoms with van der Waals surface area (Å²) in [6, 6.07) is 12.3. The molecule has 2 amide bonds. The predicted molar refractivity (Wildman–Crippen MR) is 104 cm³/mol. The minimum atomic E-state index is -0.310. The van der Waals surface area contributed by atoms with Crippen molar-refractivity contribution in [2.24, 2.45) is 5.92 Å². The summed E-state index contributed by atoms with van der Waals surface area (Å²) >= 11 is 6.03. The summed E-state index contributed by atoms with van der Waals surface area (Å²) < 4.78 is 0. The molecular weight excluding hydrogens is 350 g/mol. The summed E-state index contributed by atoms with van der Waals surface area (Å²) in [7, 11) is 3.42. The van der Waals surface area contributed by atoms with E-state index in [1.54, 1.807) is 38.4 Å². The number of hydrogen-bond donors (Lipinski definition) is 1. The van der Waals surface area contributed by atoms with Crippen LogP contribution in [0.3, 0.4) is 0 Å². The van der Waals surface area contributed by atoms with E-state index in [9.17, 15) is 9.59 Å². The molecule has 0 aliphatic heterocycles. The van der Waals surface area contributed by atoms with Crippen molar-refractivity contribution in [2.45, 2.75) is 26.3 Å². The molecule has 138 valence electrons. The van der Waals surface area contributed by atoms with Crippen LogP contribution in [0.25, 0.3) is 11.3 Å². The van der Waals surface area contributed by atoms with E-state index < -0.39 is 0 Å². The standard InChI is InChI=1S/C20H24ClN3O2/c1-5-16(13(2)20(26)24(3)4)23-19(25)18-11-7-10-17(22-18)14-8-6-9-15(21)12-14/h6-13,16H,5H2,1-4H3,(H,23,25). The van der Waals surface area contributed by atoms with Gasteiger partial charge in [0.1, 0.15) is 5.69 Å². The molecule has 0 saturated heterocycles. The minimum Gasteiger partial charge on any atom is -0.349 e. The van der Waals surface area contributed by atoms with Gasteiger partial charge in [0.05, 0.1) is 11.6 Å². The number of aromatic nitrogens is 1. The molecule has 0 bridgehead atoms. The number of carbonyl (C=O) groups excluding carboxylic acids is 2. The molecule has 0 fully saturated rings. The van der Waals surface area contributed by atoms with Crippen LogP contribution in [0.5, 0.6) is 0 Å². The molecule has 6 heteroatoms. The van der Waals surface area contributed by atoms with E-state index in [-0.39, 0.29) is 23.8 Å². The molecule has 1 heterocycles. The van der Waals surface area contributed by atoms with Crippen LogP contribution in [0.2, 0.25) is 5.02 Å². The molecule has 5 nitrogen and oxygen atoms in total. The van der Waals surface area contributed by atoms with Gasteiger partial charge in [-0.25, -0.2) is 4.98 Å². The highest BCUT2D eigenvalue weighted by atomic mass is 35.5. The maximum Gasteiger partial charge on any atom is 0.270 e. The lowest BCUT2D eigenvalue weighted by Gasteiger charge is -2.25. The molecule has 0 radical (unpaired) electrons. The van der Waals surface area contributed by atoms with Gasteiger partial charge in [0, 0.05) is 30.7 Å². The van der Waals surface area contributed by atoms with Crippen molar-refractivity contribution in [3.8, 4) is 11.3 Å². The second kappa shape index (κ2) is 8.81. The number of pyridine rings is 1. The van der Waals surface area contributed by atoms with Gasteiger partial charge in [-0.3, -0.25) is 9.59 Å². The van der Waals surface area contributed by atoms with Gasteiger partial charge in [0.15, 0.2) is 0 Å². The average Bonchev–Trinajstić information content (AvgIpc) is 2.64. The van der Waals surface area contributed by atoms with Crippen molar-refractivity contribution in [3.05, 3.63) is 53.2 Å². The molecule has 2 atom stereocenters. The lowest BCUT2D eigenvalue weighted by atomic mass is 9.98. The first-order valence-corrected chi connectivity index (χ1v) is 8.96. The van der Waals surface area contributed by atoms with E-state index in [1.165, 1.54) is 4.90 Å². The summed E-state index contributed by atoms with van der Waals surface area (Å²) in [5, 5.41) is 3.55. The molecule has 0 spiro atoms. The molecule has 2 aromatic rings. The van der Waals surface area contributed by atoms with Crippen LogP contribution in [-0.4, -0.2) is 41.8 Å². The van der Waals surface area contributed by atoms with Crippen LogP contribution in [0.4, 0.5) is 0 Å². The Morgan fingerprint density at radius 1 is 1.19 bits per heavy atom. The second-order valence-electron chi connectivity index (χ2n) is 6.43.